The second kappa shape index (κ2) is 7.41. The molecule has 1 aromatic rings. The number of carboxylic acid groups (broad SMARTS) is 1. The predicted molar refractivity (Wildman–Crippen MR) is 88.5 cm³/mol. The molecule has 2 N–H and O–H groups in total. The summed E-state index contributed by atoms with van der Waals surface area (Å²) in [6.45, 7) is 1.81. The van der Waals surface area contributed by atoms with Crippen LogP contribution in [0.1, 0.15) is 51.0 Å². The Morgan fingerprint density at radius 3 is 2.33 bits per heavy atom. The average molecular weight is 354 g/mol. The topological polar surface area (TPSA) is 49.3 Å². The lowest BCUT2D eigenvalue weighted by molar-refractivity contribution is -0.144. The molecule has 2 rings (SSSR count). The van der Waals surface area contributed by atoms with Crippen molar-refractivity contribution in [1.82, 2.24) is 5.32 Å². The van der Waals surface area contributed by atoms with Crippen molar-refractivity contribution in [3.63, 3.8) is 0 Å². The highest BCUT2D eigenvalue weighted by Gasteiger charge is 2.35. The number of carboxylic acids is 1. The SMILES string of the molecule is CC(Cc1ccc(Br)cc1)(NC1CCCCCC1)C(=O)O. The zero-order valence-electron chi connectivity index (χ0n) is 12.6. The molecular formula is C17H24BrNO2. The Morgan fingerprint density at radius 1 is 1.24 bits per heavy atom. The van der Waals surface area contributed by atoms with Crippen LogP contribution in [0.5, 0.6) is 0 Å². The van der Waals surface area contributed by atoms with Gasteiger partial charge in [-0.05, 0) is 37.5 Å². The summed E-state index contributed by atoms with van der Waals surface area (Å²) < 4.78 is 1.01. The van der Waals surface area contributed by atoms with Crippen molar-refractivity contribution < 1.29 is 9.90 Å². The van der Waals surface area contributed by atoms with Crippen LogP contribution in [-0.2, 0) is 11.2 Å². The molecule has 0 aliphatic heterocycles. The lowest BCUT2D eigenvalue weighted by atomic mass is 9.91. The van der Waals surface area contributed by atoms with Gasteiger partial charge in [0.05, 0.1) is 0 Å². The Bertz CT molecular complexity index is 466. The van der Waals surface area contributed by atoms with E-state index in [2.05, 4.69) is 21.2 Å². The molecule has 0 bridgehead atoms. The lowest BCUT2D eigenvalue weighted by Gasteiger charge is -2.31. The van der Waals surface area contributed by atoms with E-state index in [0.717, 1.165) is 22.9 Å². The Kier molecular flexibility index (Phi) is 5.82. The molecule has 1 aliphatic carbocycles. The van der Waals surface area contributed by atoms with Crippen molar-refractivity contribution >= 4 is 21.9 Å². The third-order valence-corrected chi connectivity index (χ3v) is 4.85. The normalized spacial score (nSPS) is 19.7. The third-order valence-electron chi connectivity index (χ3n) is 4.32. The van der Waals surface area contributed by atoms with E-state index in [1.165, 1.54) is 25.7 Å². The van der Waals surface area contributed by atoms with Gasteiger partial charge in [0.2, 0.25) is 0 Å². The van der Waals surface area contributed by atoms with Gasteiger partial charge in [-0.3, -0.25) is 10.1 Å². The highest BCUT2D eigenvalue weighted by atomic mass is 79.9. The van der Waals surface area contributed by atoms with Crippen molar-refractivity contribution in [1.29, 1.82) is 0 Å². The number of carbonyl (C=O) groups is 1. The number of aliphatic carboxylic acids is 1. The second-order valence-electron chi connectivity index (χ2n) is 6.27. The van der Waals surface area contributed by atoms with E-state index >= 15 is 0 Å². The zero-order valence-corrected chi connectivity index (χ0v) is 14.2. The van der Waals surface area contributed by atoms with Crippen LogP contribution in [-0.4, -0.2) is 22.7 Å². The maximum absolute atomic E-state index is 11.8. The molecule has 1 aromatic carbocycles. The first-order chi connectivity index (χ1) is 9.99. The van der Waals surface area contributed by atoms with E-state index in [4.69, 9.17) is 0 Å². The summed E-state index contributed by atoms with van der Waals surface area (Å²) in [7, 11) is 0. The summed E-state index contributed by atoms with van der Waals surface area (Å²) in [5.41, 5.74) is 0.146. The van der Waals surface area contributed by atoms with Gasteiger partial charge in [-0.25, -0.2) is 0 Å². The zero-order chi connectivity index (χ0) is 15.3. The fourth-order valence-corrected chi connectivity index (χ4v) is 3.34. The van der Waals surface area contributed by atoms with Crippen LogP contribution < -0.4 is 5.32 Å². The van der Waals surface area contributed by atoms with E-state index in [1.54, 1.807) is 0 Å². The van der Waals surface area contributed by atoms with Crippen molar-refractivity contribution in [2.24, 2.45) is 0 Å². The van der Waals surface area contributed by atoms with Crippen LogP contribution in [0.25, 0.3) is 0 Å². The largest absolute Gasteiger partial charge is 0.480 e. The second-order valence-corrected chi connectivity index (χ2v) is 7.19. The minimum Gasteiger partial charge on any atom is -0.480 e. The van der Waals surface area contributed by atoms with Crippen LogP contribution in [0.3, 0.4) is 0 Å². The highest BCUT2D eigenvalue weighted by Crippen LogP contribution is 2.22. The van der Waals surface area contributed by atoms with Crippen LogP contribution in [0.4, 0.5) is 0 Å². The highest BCUT2D eigenvalue weighted by molar-refractivity contribution is 9.10. The predicted octanol–water partition coefficient (Wildman–Crippen LogP) is 4.15. The Morgan fingerprint density at radius 2 is 1.81 bits per heavy atom. The molecule has 1 fully saturated rings. The van der Waals surface area contributed by atoms with Crippen LogP contribution >= 0.6 is 15.9 Å². The molecule has 0 radical (unpaired) electrons. The van der Waals surface area contributed by atoms with Gasteiger partial charge < -0.3 is 5.11 Å². The quantitative estimate of drug-likeness (QED) is 0.781. The summed E-state index contributed by atoms with van der Waals surface area (Å²) in [5, 5.41) is 13.1. The number of rotatable bonds is 5. The van der Waals surface area contributed by atoms with E-state index in [-0.39, 0.29) is 0 Å². The number of nitrogens with one attached hydrogen (secondary N) is 1. The maximum atomic E-state index is 11.8. The van der Waals surface area contributed by atoms with Gasteiger partial charge in [0.1, 0.15) is 5.54 Å². The average Bonchev–Trinajstić information content (AvgIpc) is 2.70. The first-order valence-corrected chi connectivity index (χ1v) is 8.54. The van der Waals surface area contributed by atoms with E-state index in [1.807, 2.05) is 31.2 Å². The van der Waals surface area contributed by atoms with Crippen molar-refractivity contribution in [2.45, 2.75) is 63.5 Å². The molecule has 0 heterocycles. The standard InChI is InChI=1S/C17H24BrNO2/c1-17(16(20)21,12-13-8-10-14(18)11-9-13)19-15-6-4-2-3-5-7-15/h8-11,15,19H,2-7,12H2,1H3,(H,20,21). The van der Waals surface area contributed by atoms with Gasteiger partial charge in [0.25, 0.3) is 0 Å². The molecule has 1 saturated carbocycles. The molecule has 0 spiro atoms. The molecule has 1 atom stereocenters. The Hall–Kier alpha value is -0.870. The molecular weight excluding hydrogens is 330 g/mol. The lowest BCUT2D eigenvalue weighted by Crippen LogP contribution is -2.55. The molecule has 0 aromatic heterocycles. The third kappa shape index (κ3) is 4.82. The van der Waals surface area contributed by atoms with Crippen molar-refractivity contribution in [3.8, 4) is 0 Å². The Labute approximate surface area is 135 Å². The van der Waals surface area contributed by atoms with E-state index < -0.39 is 11.5 Å². The summed E-state index contributed by atoms with van der Waals surface area (Å²) in [6.07, 6.45) is 7.62. The minimum absolute atomic E-state index is 0.323. The monoisotopic (exact) mass is 353 g/mol. The summed E-state index contributed by atoms with van der Waals surface area (Å²) in [4.78, 5) is 11.8. The van der Waals surface area contributed by atoms with Gasteiger partial charge in [0, 0.05) is 16.9 Å². The Balaban J connectivity index is 2.07. The van der Waals surface area contributed by atoms with E-state index in [9.17, 15) is 9.90 Å². The smallest absolute Gasteiger partial charge is 0.323 e. The summed E-state index contributed by atoms with van der Waals surface area (Å²) >= 11 is 3.41. The molecule has 0 amide bonds. The van der Waals surface area contributed by atoms with Crippen LogP contribution in [0.2, 0.25) is 0 Å². The van der Waals surface area contributed by atoms with Crippen molar-refractivity contribution in [3.05, 3.63) is 34.3 Å². The van der Waals surface area contributed by atoms with Crippen LogP contribution in [0.15, 0.2) is 28.7 Å². The number of halogens is 1. The first-order valence-electron chi connectivity index (χ1n) is 7.75. The number of benzene rings is 1. The molecule has 3 nitrogen and oxygen atoms in total. The number of hydrogen-bond donors (Lipinski definition) is 2. The van der Waals surface area contributed by atoms with Gasteiger partial charge in [-0.2, -0.15) is 0 Å². The fraction of sp³-hybridized carbons (Fsp3) is 0.588. The molecule has 116 valence electrons. The van der Waals surface area contributed by atoms with Gasteiger partial charge in [-0.1, -0.05) is 53.7 Å². The molecule has 4 heteroatoms. The van der Waals surface area contributed by atoms with Gasteiger partial charge in [0.15, 0.2) is 0 Å². The molecule has 1 aliphatic rings. The van der Waals surface area contributed by atoms with Gasteiger partial charge >= 0.3 is 5.97 Å². The fourth-order valence-electron chi connectivity index (χ4n) is 3.07. The summed E-state index contributed by atoms with van der Waals surface area (Å²) in [6, 6.07) is 8.22. The molecule has 21 heavy (non-hydrogen) atoms. The minimum atomic E-state index is -0.900. The maximum Gasteiger partial charge on any atom is 0.323 e. The summed E-state index contributed by atoms with van der Waals surface area (Å²) in [5.74, 6) is -0.769. The van der Waals surface area contributed by atoms with Crippen LogP contribution in [0, 0.1) is 0 Å². The van der Waals surface area contributed by atoms with E-state index in [0.29, 0.717) is 12.5 Å². The van der Waals surface area contributed by atoms with Crippen molar-refractivity contribution in [2.75, 3.05) is 0 Å². The molecule has 1 unspecified atom stereocenters. The van der Waals surface area contributed by atoms with Gasteiger partial charge in [-0.15, -0.1) is 0 Å². The first kappa shape index (κ1) is 16.5. The number of hydrogen-bond acceptors (Lipinski definition) is 2. The molecule has 0 saturated heterocycles.